The SMILES string of the molecule is COC(=O)[C@]1(O[Si](C)(C)C(C)(C)C)C[C@@H](CO)[C@@H](O)[C@H](OCOCc2ccccc2)C1. The molecule has 1 aliphatic rings. The molecule has 8 heteroatoms. The highest BCUT2D eigenvalue weighted by molar-refractivity contribution is 6.74. The largest absolute Gasteiger partial charge is 0.467 e. The molecule has 0 aliphatic heterocycles. The topological polar surface area (TPSA) is 94.5 Å². The van der Waals surface area contributed by atoms with E-state index in [4.69, 9.17) is 18.6 Å². The monoisotopic (exact) mass is 454 g/mol. The minimum absolute atomic E-state index is 0.0495. The zero-order valence-electron chi connectivity index (χ0n) is 19.6. The number of ether oxygens (including phenoxy) is 3. The van der Waals surface area contributed by atoms with Crippen LogP contribution in [0.2, 0.25) is 18.1 Å². The van der Waals surface area contributed by atoms with E-state index >= 15 is 0 Å². The van der Waals surface area contributed by atoms with Crippen molar-refractivity contribution in [2.45, 2.75) is 76.2 Å². The number of hydrogen-bond acceptors (Lipinski definition) is 7. The van der Waals surface area contributed by atoms with E-state index in [1.54, 1.807) is 0 Å². The molecule has 0 aromatic heterocycles. The summed E-state index contributed by atoms with van der Waals surface area (Å²) < 4.78 is 23.2. The lowest BCUT2D eigenvalue weighted by Crippen LogP contribution is -2.61. The Bertz CT molecular complexity index is 704. The maximum atomic E-state index is 12.9. The van der Waals surface area contributed by atoms with E-state index in [0.29, 0.717) is 6.61 Å². The molecule has 31 heavy (non-hydrogen) atoms. The van der Waals surface area contributed by atoms with Crippen LogP contribution in [0.25, 0.3) is 0 Å². The van der Waals surface area contributed by atoms with E-state index in [1.165, 1.54) is 7.11 Å². The summed E-state index contributed by atoms with van der Waals surface area (Å²) in [5, 5.41) is 20.5. The van der Waals surface area contributed by atoms with Crippen LogP contribution in [0, 0.1) is 5.92 Å². The van der Waals surface area contributed by atoms with E-state index in [1.807, 2.05) is 30.3 Å². The second kappa shape index (κ2) is 10.5. The lowest BCUT2D eigenvalue weighted by molar-refractivity contribution is -0.202. The minimum Gasteiger partial charge on any atom is -0.467 e. The Kier molecular flexibility index (Phi) is 8.83. The Morgan fingerprint density at radius 3 is 2.39 bits per heavy atom. The maximum Gasteiger partial charge on any atom is 0.337 e. The van der Waals surface area contributed by atoms with Gasteiger partial charge in [0, 0.05) is 18.9 Å². The standard InChI is InChI=1S/C23H38O7Si/c1-22(2,3)31(5,6)30-23(21(26)27-4)12-18(14-24)20(25)19(13-23)29-16-28-15-17-10-8-7-9-11-17/h7-11,18-20,24-25H,12-16H2,1-6H3/t18-,19+,20+,23-/m0/s1. The Morgan fingerprint density at radius 2 is 1.84 bits per heavy atom. The first-order valence-corrected chi connectivity index (χ1v) is 13.7. The predicted molar refractivity (Wildman–Crippen MR) is 120 cm³/mol. The number of carbonyl (C=O) groups excluding carboxylic acids is 1. The molecule has 0 heterocycles. The van der Waals surface area contributed by atoms with Crippen LogP contribution < -0.4 is 0 Å². The fourth-order valence-electron chi connectivity index (χ4n) is 3.70. The van der Waals surface area contributed by atoms with E-state index in [2.05, 4.69) is 33.9 Å². The molecule has 2 rings (SSSR count). The first-order chi connectivity index (χ1) is 14.5. The quantitative estimate of drug-likeness (QED) is 0.256. The third kappa shape index (κ3) is 6.37. The van der Waals surface area contributed by atoms with Gasteiger partial charge in [0.05, 0.1) is 25.9 Å². The summed E-state index contributed by atoms with van der Waals surface area (Å²) in [7, 11) is -1.04. The van der Waals surface area contributed by atoms with E-state index in [-0.39, 0.29) is 31.3 Å². The average Bonchev–Trinajstić information content (AvgIpc) is 2.72. The van der Waals surface area contributed by atoms with Gasteiger partial charge in [-0.3, -0.25) is 0 Å². The van der Waals surface area contributed by atoms with Crippen LogP contribution in [0.1, 0.15) is 39.2 Å². The van der Waals surface area contributed by atoms with Crippen LogP contribution >= 0.6 is 0 Å². The van der Waals surface area contributed by atoms with Crippen molar-refractivity contribution < 1.29 is 33.6 Å². The molecule has 0 spiro atoms. The Morgan fingerprint density at radius 1 is 1.19 bits per heavy atom. The van der Waals surface area contributed by atoms with Gasteiger partial charge in [-0.1, -0.05) is 51.1 Å². The van der Waals surface area contributed by atoms with Crippen molar-refractivity contribution in [1.29, 1.82) is 0 Å². The fourth-order valence-corrected chi connectivity index (χ4v) is 5.23. The summed E-state index contributed by atoms with van der Waals surface area (Å²) in [5.74, 6) is -1.07. The number of aliphatic hydroxyl groups is 2. The van der Waals surface area contributed by atoms with Crippen LogP contribution in [0.4, 0.5) is 0 Å². The third-order valence-corrected chi connectivity index (χ3v) is 11.0. The van der Waals surface area contributed by atoms with Gasteiger partial charge in [0.1, 0.15) is 6.79 Å². The van der Waals surface area contributed by atoms with Gasteiger partial charge >= 0.3 is 5.97 Å². The second-order valence-electron chi connectivity index (χ2n) is 9.85. The number of rotatable bonds is 9. The van der Waals surface area contributed by atoms with Gasteiger partial charge in [0.15, 0.2) is 13.9 Å². The van der Waals surface area contributed by atoms with Crippen molar-refractivity contribution in [2.24, 2.45) is 5.92 Å². The highest BCUT2D eigenvalue weighted by Crippen LogP contribution is 2.45. The van der Waals surface area contributed by atoms with Gasteiger partial charge in [-0.15, -0.1) is 0 Å². The molecule has 0 unspecified atom stereocenters. The van der Waals surface area contributed by atoms with Crippen molar-refractivity contribution in [3.05, 3.63) is 35.9 Å². The van der Waals surface area contributed by atoms with E-state index < -0.39 is 38.0 Å². The zero-order chi connectivity index (χ0) is 23.3. The average molecular weight is 455 g/mol. The third-order valence-electron chi connectivity index (χ3n) is 6.51. The molecule has 2 N–H and O–H groups in total. The van der Waals surface area contributed by atoms with Crippen molar-refractivity contribution >= 4 is 14.3 Å². The van der Waals surface area contributed by atoms with Gasteiger partial charge in [-0.25, -0.2) is 4.79 Å². The van der Waals surface area contributed by atoms with E-state index in [9.17, 15) is 15.0 Å². The van der Waals surface area contributed by atoms with Crippen LogP contribution in [0.5, 0.6) is 0 Å². The number of methoxy groups -OCH3 is 1. The molecule has 0 amide bonds. The summed E-state index contributed by atoms with van der Waals surface area (Å²) in [6.07, 6.45) is -1.36. The van der Waals surface area contributed by atoms with Gasteiger partial charge in [-0.2, -0.15) is 0 Å². The van der Waals surface area contributed by atoms with Crippen LogP contribution in [-0.4, -0.2) is 62.8 Å². The Hall–Kier alpha value is -1.29. The molecule has 176 valence electrons. The first-order valence-electron chi connectivity index (χ1n) is 10.8. The predicted octanol–water partition coefficient (Wildman–Crippen LogP) is 3.24. The summed E-state index contributed by atoms with van der Waals surface area (Å²) >= 11 is 0. The van der Waals surface area contributed by atoms with Crippen LogP contribution in [0.3, 0.4) is 0 Å². The smallest absolute Gasteiger partial charge is 0.337 e. The molecule has 1 saturated carbocycles. The highest BCUT2D eigenvalue weighted by Gasteiger charge is 2.56. The summed E-state index contributed by atoms with van der Waals surface area (Å²) in [6.45, 7) is 10.4. The summed E-state index contributed by atoms with van der Waals surface area (Å²) in [5.41, 5.74) is -0.275. The molecular formula is C23H38O7Si. The lowest BCUT2D eigenvalue weighted by Gasteiger charge is -2.49. The molecule has 1 fully saturated rings. The maximum absolute atomic E-state index is 12.9. The van der Waals surface area contributed by atoms with Gasteiger partial charge < -0.3 is 28.8 Å². The van der Waals surface area contributed by atoms with E-state index in [0.717, 1.165) is 5.56 Å². The number of aliphatic hydroxyl groups excluding tert-OH is 2. The van der Waals surface area contributed by atoms with Gasteiger partial charge in [-0.05, 0) is 30.1 Å². The number of benzene rings is 1. The Balaban J connectivity index is 2.17. The van der Waals surface area contributed by atoms with Crippen molar-refractivity contribution in [3.8, 4) is 0 Å². The second-order valence-corrected chi connectivity index (χ2v) is 14.6. The van der Waals surface area contributed by atoms with Crippen LogP contribution in [0.15, 0.2) is 30.3 Å². The fraction of sp³-hybridized carbons (Fsp3) is 0.696. The zero-order valence-corrected chi connectivity index (χ0v) is 20.6. The molecular weight excluding hydrogens is 416 g/mol. The lowest BCUT2D eigenvalue weighted by atomic mass is 9.75. The summed E-state index contributed by atoms with van der Waals surface area (Å²) in [4.78, 5) is 12.9. The molecule has 7 nitrogen and oxygen atoms in total. The number of esters is 1. The number of hydrogen-bond donors (Lipinski definition) is 2. The minimum atomic E-state index is -2.37. The molecule has 0 saturated heterocycles. The molecule has 1 aliphatic carbocycles. The Labute approximate surface area is 186 Å². The van der Waals surface area contributed by atoms with Gasteiger partial charge in [0.25, 0.3) is 0 Å². The molecule has 4 atom stereocenters. The molecule has 0 radical (unpaired) electrons. The number of carbonyl (C=O) groups is 1. The first kappa shape index (κ1) is 26.0. The molecule has 0 bridgehead atoms. The highest BCUT2D eigenvalue weighted by atomic mass is 28.4. The van der Waals surface area contributed by atoms with Crippen LogP contribution in [-0.2, 0) is 30.0 Å². The van der Waals surface area contributed by atoms with Gasteiger partial charge in [0.2, 0.25) is 0 Å². The molecule has 1 aromatic rings. The van der Waals surface area contributed by atoms with Crippen molar-refractivity contribution in [1.82, 2.24) is 0 Å². The normalized spacial score (nSPS) is 27.2. The van der Waals surface area contributed by atoms with Crippen molar-refractivity contribution in [2.75, 3.05) is 20.5 Å². The summed E-state index contributed by atoms with van der Waals surface area (Å²) in [6, 6.07) is 9.69. The van der Waals surface area contributed by atoms with Crippen molar-refractivity contribution in [3.63, 3.8) is 0 Å². The molecule has 1 aromatic carbocycles.